The number of fused-ring (bicyclic) bond motifs is 1. The molecule has 3 heterocycles. The fourth-order valence-corrected chi connectivity index (χ4v) is 5.50. The van der Waals surface area contributed by atoms with Crippen LogP contribution in [0.4, 0.5) is 4.39 Å². The van der Waals surface area contributed by atoms with Gasteiger partial charge in [-0.05, 0) is 62.7 Å². The van der Waals surface area contributed by atoms with Crippen molar-refractivity contribution < 1.29 is 14.0 Å². The molecular formula is C26H29FN4O2. The Labute approximate surface area is 192 Å². The Bertz CT molecular complexity index is 1130. The van der Waals surface area contributed by atoms with Crippen molar-refractivity contribution in [2.45, 2.75) is 31.7 Å². The highest BCUT2D eigenvalue weighted by Gasteiger charge is 2.51. The first-order valence-electron chi connectivity index (χ1n) is 11.6. The Balaban J connectivity index is 1.19. The number of nitrogens with zero attached hydrogens (tertiary/aromatic N) is 1. The van der Waals surface area contributed by atoms with Gasteiger partial charge in [0.1, 0.15) is 11.5 Å². The summed E-state index contributed by atoms with van der Waals surface area (Å²) in [5.74, 6) is -0.203. The van der Waals surface area contributed by atoms with Crippen LogP contribution in [-0.4, -0.2) is 53.9 Å². The number of rotatable bonds is 5. The molecule has 0 saturated carbocycles. The standard InChI is InChI=1S/C26H29FN4O2/c1-17(29-24(32)23-14-19-4-2-3-5-22(19)30-23)16-31-12-10-26(11-13-31)21(15-28-25(26)33)18-6-8-20(27)9-7-18/h2-9,14,17,21,30H,10-13,15-16H2,1H3,(H,28,33)(H,29,32)/t17-,21-/m0/s1. The highest BCUT2D eigenvalue weighted by Crippen LogP contribution is 2.47. The van der Waals surface area contributed by atoms with Gasteiger partial charge < -0.3 is 20.5 Å². The van der Waals surface area contributed by atoms with Crippen LogP contribution in [-0.2, 0) is 4.79 Å². The second-order valence-electron chi connectivity index (χ2n) is 9.42. The van der Waals surface area contributed by atoms with Crippen molar-refractivity contribution in [2.75, 3.05) is 26.2 Å². The SMILES string of the molecule is C[C@@H](CN1CCC2(CC1)C(=O)NC[C@H]2c1ccc(F)cc1)NC(=O)c1cc2ccccc2[nH]1. The van der Waals surface area contributed by atoms with Gasteiger partial charge in [-0.15, -0.1) is 0 Å². The minimum Gasteiger partial charge on any atom is -0.355 e. The average molecular weight is 449 g/mol. The molecule has 7 heteroatoms. The largest absolute Gasteiger partial charge is 0.355 e. The van der Waals surface area contributed by atoms with Gasteiger partial charge in [0, 0.05) is 36.0 Å². The van der Waals surface area contributed by atoms with Crippen molar-refractivity contribution in [3.8, 4) is 0 Å². The Morgan fingerprint density at radius 1 is 1.18 bits per heavy atom. The van der Waals surface area contributed by atoms with Gasteiger partial charge in [0.05, 0.1) is 5.41 Å². The zero-order valence-corrected chi connectivity index (χ0v) is 18.7. The van der Waals surface area contributed by atoms with Crippen molar-refractivity contribution >= 4 is 22.7 Å². The lowest BCUT2D eigenvalue weighted by Crippen LogP contribution is -2.49. The molecule has 2 saturated heterocycles. The Morgan fingerprint density at radius 2 is 1.91 bits per heavy atom. The number of aromatic nitrogens is 1. The van der Waals surface area contributed by atoms with Gasteiger partial charge in [0.2, 0.25) is 5.91 Å². The van der Waals surface area contributed by atoms with Gasteiger partial charge in [-0.25, -0.2) is 4.39 Å². The number of aromatic amines is 1. The number of hydrogen-bond donors (Lipinski definition) is 3. The molecule has 0 aliphatic carbocycles. The third kappa shape index (κ3) is 4.13. The van der Waals surface area contributed by atoms with Crippen LogP contribution in [0, 0.1) is 11.2 Å². The molecule has 1 spiro atoms. The third-order valence-corrected chi connectivity index (χ3v) is 7.29. The number of nitrogens with one attached hydrogen (secondary N) is 3. The zero-order chi connectivity index (χ0) is 23.0. The van der Waals surface area contributed by atoms with Gasteiger partial charge in [0.25, 0.3) is 5.91 Å². The lowest BCUT2D eigenvalue weighted by atomic mass is 9.68. The monoisotopic (exact) mass is 448 g/mol. The topological polar surface area (TPSA) is 77.2 Å². The fourth-order valence-electron chi connectivity index (χ4n) is 5.50. The number of hydrogen-bond acceptors (Lipinski definition) is 3. The molecule has 172 valence electrons. The van der Waals surface area contributed by atoms with E-state index in [0.717, 1.165) is 48.9 Å². The van der Waals surface area contributed by atoms with Crippen molar-refractivity contribution in [1.29, 1.82) is 0 Å². The molecule has 2 amide bonds. The van der Waals surface area contributed by atoms with Crippen LogP contribution in [0.5, 0.6) is 0 Å². The smallest absolute Gasteiger partial charge is 0.267 e. The van der Waals surface area contributed by atoms with E-state index < -0.39 is 5.41 Å². The number of halogens is 1. The molecule has 2 aliphatic rings. The number of likely N-dealkylation sites (tertiary alicyclic amines) is 1. The van der Waals surface area contributed by atoms with E-state index in [2.05, 4.69) is 20.5 Å². The minimum absolute atomic E-state index is 0.0248. The van der Waals surface area contributed by atoms with Crippen molar-refractivity contribution in [1.82, 2.24) is 20.5 Å². The Kier molecular flexibility index (Phi) is 5.66. The molecule has 2 aliphatic heterocycles. The molecule has 6 nitrogen and oxygen atoms in total. The van der Waals surface area contributed by atoms with Crippen LogP contribution in [0.2, 0.25) is 0 Å². The van der Waals surface area contributed by atoms with Crippen LogP contribution in [0.15, 0.2) is 54.6 Å². The van der Waals surface area contributed by atoms with Crippen LogP contribution >= 0.6 is 0 Å². The molecule has 0 unspecified atom stereocenters. The molecule has 0 radical (unpaired) electrons. The quantitative estimate of drug-likeness (QED) is 0.560. The van der Waals surface area contributed by atoms with Gasteiger partial charge in [0.15, 0.2) is 0 Å². The van der Waals surface area contributed by atoms with Crippen molar-refractivity contribution in [2.24, 2.45) is 5.41 Å². The van der Waals surface area contributed by atoms with Gasteiger partial charge >= 0.3 is 0 Å². The van der Waals surface area contributed by atoms with E-state index in [-0.39, 0.29) is 29.6 Å². The second kappa shape index (κ2) is 8.63. The average Bonchev–Trinajstić information content (AvgIpc) is 3.38. The lowest BCUT2D eigenvalue weighted by Gasteiger charge is -2.41. The van der Waals surface area contributed by atoms with Gasteiger partial charge in [-0.1, -0.05) is 30.3 Å². The summed E-state index contributed by atoms with van der Waals surface area (Å²) in [6.07, 6.45) is 1.51. The number of carbonyl (C=O) groups is 2. The molecule has 3 N–H and O–H groups in total. The summed E-state index contributed by atoms with van der Waals surface area (Å²) in [5, 5.41) is 7.15. The van der Waals surface area contributed by atoms with E-state index >= 15 is 0 Å². The number of piperidine rings is 1. The predicted octanol–water partition coefficient (Wildman–Crippen LogP) is 3.42. The molecule has 2 atom stereocenters. The highest BCUT2D eigenvalue weighted by atomic mass is 19.1. The second-order valence-corrected chi connectivity index (χ2v) is 9.42. The number of H-pyrrole nitrogens is 1. The number of amides is 2. The number of benzene rings is 2. The van der Waals surface area contributed by atoms with E-state index in [4.69, 9.17) is 0 Å². The zero-order valence-electron chi connectivity index (χ0n) is 18.7. The predicted molar refractivity (Wildman–Crippen MR) is 125 cm³/mol. The maximum atomic E-state index is 13.4. The van der Waals surface area contributed by atoms with Crippen LogP contribution in [0.25, 0.3) is 10.9 Å². The summed E-state index contributed by atoms with van der Waals surface area (Å²) < 4.78 is 13.4. The normalized spacial score (nSPS) is 21.3. The van der Waals surface area contributed by atoms with Crippen LogP contribution in [0.1, 0.15) is 41.7 Å². The third-order valence-electron chi connectivity index (χ3n) is 7.29. The first-order chi connectivity index (χ1) is 15.9. The van der Waals surface area contributed by atoms with Crippen LogP contribution in [0.3, 0.4) is 0 Å². The molecule has 3 aromatic rings. The Morgan fingerprint density at radius 3 is 2.64 bits per heavy atom. The summed E-state index contributed by atoms with van der Waals surface area (Å²) in [4.78, 5) is 31.0. The molecule has 0 bridgehead atoms. The molecule has 33 heavy (non-hydrogen) atoms. The summed E-state index contributed by atoms with van der Waals surface area (Å²) in [7, 11) is 0. The van der Waals surface area contributed by atoms with E-state index in [1.807, 2.05) is 37.3 Å². The minimum atomic E-state index is -0.439. The van der Waals surface area contributed by atoms with E-state index in [0.29, 0.717) is 12.2 Å². The maximum absolute atomic E-state index is 13.4. The Hall–Kier alpha value is -3.19. The van der Waals surface area contributed by atoms with E-state index in [1.54, 1.807) is 12.1 Å². The lowest BCUT2D eigenvalue weighted by molar-refractivity contribution is -0.130. The molecule has 5 rings (SSSR count). The summed E-state index contributed by atoms with van der Waals surface area (Å²) in [5.41, 5.74) is 2.08. The molecular weight excluding hydrogens is 419 g/mol. The molecule has 1 aromatic heterocycles. The number of carbonyl (C=O) groups excluding carboxylic acids is 2. The van der Waals surface area contributed by atoms with E-state index in [9.17, 15) is 14.0 Å². The first kappa shape index (κ1) is 21.6. The summed E-state index contributed by atoms with van der Waals surface area (Å²) >= 11 is 0. The van der Waals surface area contributed by atoms with Gasteiger partial charge in [-0.2, -0.15) is 0 Å². The maximum Gasteiger partial charge on any atom is 0.267 e. The van der Waals surface area contributed by atoms with Crippen molar-refractivity contribution in [3.63, 3.8) is 0 Å². The number of para-hydroxylation sites is 1. The summed E-state index contributed by atoms with van der Waals surface area (Å²) in [6, 6.07) is 16.2. The molecule has 2 aromatic carbocycles. The van der Waals surface area contributed by atoms with Crippen LogP contribution < -0.4 is 10.6 Å². The summed E-state index contributed by atoms with van der Waals surface area (Å²) in [6.45, 7) is 4.91. The first-order valence-corrected chi connectivity index (χ1v) is 11.6. The van der Waals surface area contributed by atoms with E-state index in [1.165, 1.54) is 12.1 Å². The molecule has 2 fully saturated rings. The van der Waals surface area contributed by atoms with Crippen molar-refractivity contribution in [3.05, 3.63) is 71.7 Å². The fraction of sp³-hybridized carbons (Fsp3) is 0.385. The van der Waals surface area contributed by atoms with Gasteiger partial charge in [-0.3, -0.25) is 9.59 Å². The highest BCUT2D eigenvalue weighted by molar-refractivity contribution is 5.98.